The Morgan fingerprint density at radius 3 is 2.32 bits per heavy atom. The standard InChI is InChI=1S/C16H30O3/c1-3-5-7-8-9-11-13-18-15-19-16(14-17)12-10-6-4-2/h12,14H,3-11,13,15H2,1-2H3/b16-12+. The summed E-state index contributed by atoms with van der Waals surface area (Å²) in [5.74, 6) is 0.399. The Kier molecular flexibility index (Phi) is 14.6. The SMILES string of the molecule is CCCC/C=C(\C=O)OCOCCCCCCCC. The fourth-order valence-corrected chi connectivity index (χ4v) is 1.74. The largest absolute Gasteiger partial charge is 0.464 e. The molecule has 0 amide bonds. The molecule has 0 aliphatic carbocycles. The number of carbonyl (C=O) groups is 1. The molecule has 3 nitrogen and oxygen atoms in total. The van der Waals surface area contributed by atoms with E-state index >= 15 is 0 Å². The Morgan fingerprint density at radius 2 is 1.63 bits per heavy atom. The summed E-state index contributed by atoms with van der Waals surface area (Å²) in [5.41, 5.74) is 0. The van der Waals surface area contributed by atoms with Crippen molar-refractivity contribution in [3.63, 3.8) is 0 Å². The van der Waals surface area contributed by atoms with E-state index in [1.54, 1.807) is 0 Å². The van der Waals surface area contributed by atoms with Crippen LogP contribution in [-0.2, 0) is 14.3 Å². The van der Waals surface area contributed by atoms with Gasteiger partial charge in [-0.25, -0.2) is 0 Å². The molecule has 0 atom stereocenters. The molecule has 0 heterocycles. The monoisotopic (exact) mass is 270 g/mol. The first kappa shape index (κ1) is 18.2. The van der Waals surface area contributed by atoms with Gasteiger partial charge in [0.25, 0.3) is 0 Å². The van der Waals surface area contributed by atoms with E-state index in [0.717, 1.165) is 32.0 Å². The highest BCUT2D eigenvalue weighted by molar-refractivity contribution is 5.69. The second kappa shape index (κ2) is 15.2. The van der Waals surface area contributed by atoms with Gasteiger partial charge in [-0.2, -0.15) is 0 Å². The van der Waals surface area contributed by atoms with Crippen molar-refractivity contribution >= 4 is 6.29 Å². The van der Waals surface area contributed by atoms with Crippen molar-refractivity contribution in [2.45, 2.75) is 71.6 Å². The summed E-state index contributed by atoms with van der Waals surface area (Å²) in [5, 5.41) is 0. The lowest BCUT2D eigenvalue weighted by atomic mass is 10.1. The molecular formula is C16H30O3. The fourth-order valence-electron chi connectivity index (χ4n) is 1.74. The van der Waals surface area contributed by atoms with Gasteiger partial charge in [-0.3, -0.25) is 4.79 Å². The van der Waals surface area contributed by atoms with E-state index in [2.05, 4.69) is 13.8 Å². The number of carbonyl (C=O) groups excluding carboxylic acids is 1. The maximum absolute atomic E-state index is 10.7. The van der Waals surface area contributed by atoms with Crippen molar-refractivity contribution in [1.82, 2.24) is 0 Å². The number of unbranched alkanes of at least 4 members (excludes halogenated alkanes) is 7. The maximum Gasteiger partial charge on any atom is 0.189 e. The van der Waals surface area contributed by atoms with Gasteiger partial charge < -0.3 is 9.47 Å². The molecule has 0 aliphatic heterocycles. The van der Waals surface area contributed by atoms with Gasteiger partial charge in [-0.05, 0) is 25.3 Å². The smallest absolute Gasteiger partial charge is 0.189 e. The number of hydrogen-bond donors (Lipinski definition) is 0. The molecule has 0 N–H and O–H groups in total. The molecule has 3 heteroatoms. The predicted octanol–water partition coefficient (Wildman–Crippen LogP) is 4.61. The van der Waals surface area contributed by atoms with Gasteiger partial charge in [-0.1, -0.05) is 52.4 Å². The van der Waals surface area contributed by atoms with Gasteiger partial charge in [0.2, 0.25) is 0 Å². The summed E-state index contributed by atoms with van der Waals surface area (Å²) >= 11 is 0. The average Bonchev–Trinajstić information content (AvgIpc) is 2.43. The minimum Gasteiger partial charge on any atom is -0.464 e. The van der Waals surface area contributed by atoms with Crippen molar-refractivity contribution in [1.29, 1.82) is 0 Å². The van der Waals surface area contributed by atoms with Crippen LogP contribution in [0.15, 0.2) is 11.8 Å². The van der Waals surface area contributed by atoms with E-state index in [0.29, 0.717) is 12.4 Å². The third-order valence-electron chi connectivity index (χ3n) is 2.97. The van der Waals surface area contributed by atoms with Gasteiger partial charge in [0.15, 0.2) is 18.8 Å². The molecule has 0 aromatic carbocycles. The van der Waals surface area contributed by atoms with Crippen LogP contribution in [0.5, 0.6) is 0 Å². The summed E-state index contributed by atoms with van der Waals surface area (Å²) < 4.78 is 10.6. The summed E-state index contributed by atoms with van der Waals surface area (Å²) in [7, 11) is 0. The third kappa shape index (κ3) is 13.4. The van der Waals surface area contributed by atoms with Gasteiger partial charge in [0.05, 0.1) is 6.61 Å². The summed E-state index contributed by atoms with van der Waals surface area (Å²) in [6.07, 6.45) is 13.2. The zero-order valence-corrected chi connectivity index (χ0v) is 12.7. The van der Waals surface area contributed by atoms with Crippen LogP contribution >= 0.6 is 0 Å². The molecule has 0 aliphatic rings. The third-order valence-corrected chi connectivity index (χ3v) is 2.97. The second-order valence-electron chi connectivity index (χ2n) is 4.80. The Balaban J connectivity index is 3.36. The molecule has 0 unspecified atom stereocenters. The van der Waals surface area contributed by atoms with Crippen molar-refractivity contribution in [2.24, 2.45) is 0 Å². The minimum absolute atomic E-state index is 0.186. The van der Waals surface area contributed by atoms with Crippen LogP contribution in [-0.4, -0.2) is 19.7 Å². The predicted molar refractivity (Wildman–Crippen MR) is 79.0 cm³/mol. The molecule has 0 fully saturated rings. The molecule has 112 valence electrons. The normalized spacial score (nSPS) is 11.6. The van der Waals surface area contributed by atoms with Gasteiger partial charge in [0.1, 0.15) is 0 Å². The van der Waals surface area contributed by atoms with Gasteiger partial charge in [-0.15, -0.1) is 0 Å². The zero-order valence-electron chi connectivity index (χ0n) is 12.7. The molecule has 0 saturated heterocycles. The first-order valence-corrected chi connectivity index (χ1v) is 7.71. The zero-order chi connectivity index (χ0) is 14.2. The van der Waals surface area contributed by atoms with Crippen molar-refractivity contribution in [3.05, 3.63) is 11.8 Å². The van der Waals surface area contributed by atoms with Crippen LogP contribution in [0.3, 0.4) is 0 Å². The van der Waals surface area contributed by atoms with Crippen LogP contribution in [0, 0.1) is 0 Å². The van der Waals surface area contributed by atoms with E-state index in [1.807, 2.05) is 6.08 Å². The number of ether oxygens (including phenoxy) is 2. The van der Waals surface area contributed by atoms with Crippen LogP contribution in [0.4, 0.5) is 0 Å². The Hall–Kier alpha value is -0.830. The van der Waals surface area contributed by atoms with E-state index < -0.39 is 0 Å². The number of hydrogen-bond acceptors (Lipinski definition) is 3. The lowest BCUT2D eigenvalue weighted by molar-refractivity contribution is -0.111. The van der Waals surface area contributed by atoms with E-state index in [1.165, 1.54) is 32.1 Å². The molecule has 0 saturated carbocycles. The quantitative estimate of drug-likeness (QED) is 0.152. The highest BCUT2D eigenvalue weighted by Crippen LogP contribution is 2.05. The molecule has 0 rings (SSSR count). The van der Waals surface area contributed by atoms with Crippen LogP contribution in [0.1, 0.15) is 71.6 Å². The lowest BCUT2D eigenvalue weighted by Gasteiger charge is -2.06. The Labute approximate surface area is 118 Å². The molecule has 0 spiro atoms. The van der Waals surface area contributed by atoms with Crippen molar-refractivity contribution in [2.75, 3.05) is 13.4 Å². The first-order chi connectivity index (χ1) is 9.35. The highest BCUT2D eigenvalue weighted by Gasteiger charge is 1.96. The van der Waals surface area contributed by atoms with Crippen molar-refractivity contribution in [3.8, 4) is 0 Å². The summed E-state index contributed by atoms with van der Waals surface area (Å²) in [6, 6.07) is 0. The minimum atomic E-state index is 0.186. The number of aldehydes is 1. The Bertz CT molecular complexity index is 224. The van der Waals surface area contributed by atoms with E-state index in [-0.39, 0.29) is 6.79 Å². The van der Waals surface area contributed by atoms with Crippen molar-refractivity contribution < 1.29 is 14.3 Å². The Morgan fingerprint density at radius 1 is 0.947 bits per heavy atom. The molecular weight excluding hydrogens is 240 g/mol. The second-order valence-corrected chi connectivity index (χ2v) is 4.80. The fraction of sp³-hybridized carbons (Fsp3) is 0.812. The lowest BCUT2D eigenvalue weighted by Crippen LogP contribution is -2.02. The number of allylic oxidation sites excluding steroid dienone is 2. The number of rotatable bonds is 14. The average molecular weight is 270 g/mol. The summed E-state index contributed by atoms with van der Waals surface area (Å²) in [4.78, 5) is 10.7. The van der Waals surface area contributed by atoms with Gasteiger partial charge >= 0.3 is 0 Å². The van der Waals surface area contributed by atoms with Crippen LogP contribution < -0.4 is 0 Å². The molecule has 0 radical (unpaired) electrons. The van der Waals surface area contributed by atoms with Gasteiger partial charge in [0, 0.05) is 0 Å². The molecule has 0 aromatic rings. The van der Waals surface area contributed by atoms with Crippen LogP contribution in [0.25, 0.3) is 0 Å². The maximum atomic E-state index is 10.7. The molecule has 0 aromatic heterocycles. The van der Waals surface area contributed by atoms with Crippen LogP contribution in [0.2, 0.25) is 0 Å². The molecule has 19 heavy (non-hydrogen) atoms. The molecule has 0 bridgehead atoms. The van der Waals surface area contributed by atoms with E-state index in [4.69, 9.17) is 9.47 Å². The summed E-state index contributed by atoms with van der Waals surface area (Å²) in [6.45, 7) is 5.25. The topological polar surface area (TPSA) is 35.5 Å². The first-order valence-electron chi connectivity index (χ1n) is 7.71. The highest BCUT2D eigenvalue weighted by atomic mass is 16.7. The van der Waals surface area contributed by atoms with E-state index in [9.17, 15) is 4.79 Å².